The molecule has 0 atom stereocenters. The number of pyridine rings is 3. The van der Waals surface area contributed by atoms with Crippen molar-refractivity contribution in [3.05, 3.63) is 143 Å². The van der Waals surface area contributed by atoms with Crippen molar-refractivity contribution in [1.29, 1.82) is 0 Å². The van der Waals surface area contributed by atoms with Crippen LogP contribution >= 0.6 is 46.4 Å². The fourth-order valence-electron chi connectivity index (χ4n) is 9.52. The molecule has 3 fully saturated rings. The minimum absolute atomic E-state index is 0. The van der Waals surface area contributed by atoms with E-state index in [1.54, 1.807) is 66.6 Å². The van der Waals surface area contributed by atoms with E-state index in [-0.39, 0.29) is 147 Å². The van der Waals surface area contributed by atoms with Crippen LogP contribution in [0.15, 0.2) is 128 Å². The van der Waals surface area contributed by atoms with Crippen LogP contribution in [0.25, 0.3) is 33.1 Å². The fourth-order valence-corrected chi connectivity index (χ4v) is 10.3. The number of methoxy groups -OCH3 is 3. The molecule has 12 rings (SSSR count). The number of ether oxygens (including phenoxy) is 3. The van der Waals surface area contributed by atoms with Gasteiger partial charge in [-0.2, -0.15) is 15.3 Å². The summed E-state index contributed by atoms with van der Waals surface area (Å²) in [6.07, 6.45) is 10.5. The Labute approximate surface area is 614 Å². The molecule has 0 radical (unpaired) electrons. The number of carbonyl (C=O) groups excluding carboxylic acids is 4. The summed E-state index contributed by atoms with van der Waals surface area (Å²) >= 11 is 23.8. The summed E-state index contributed by atoms with van der Waals surface area (Å²) in [4.78, 5) is 72.8. The molecular weight excluding hydrogens is 1270 g/mol. The molecule has 9 aromatic rings. The number of piperazine rings is 3. The van der Waals surface area contributed by atoms with Crippen molar-refractivity contribution in [3.63, 3.8) is 0 Å². The van der Waals surface area contributed by atoms with Crippen LogP contribution in [0, 0.1) is 0 Å². The second-order valence-corrected chi connectivity index (χ2v) is 20.6. The van der Waals surface area contributed by atoms with Crippen molar-refractivity contribution in [1.82, 2.24) is 59.4 Å². The van der Waals surface area contributed by atoms with Gasteiger partial charge in [-0.1, -0.05) is 34.8 Å². The Hall–Kier alpha value is -5.41. The van der Waals surface area contributed by atoms with Crippen molar-refractivity contribution < 1.29 is 148 Å². The Kier molecular flexibility index (Phi) is 29.7. The number of carbonyl (C=O) groups is 4. The molecule has 0 unspecified atom stereocenters. The van der Waals surface area contributed by atoms with E-state index in [1.807, 2.05) is 107 Å². The molecular formula is C58H63Cl4K2N15O9. The molecule has 3 amide bonds. The molecule has 3 aliphatic heterocycles. The standard InChI is InChI=1S/2C19H20ClN5O2.C13H16Cl2N2O2.C6H5N3.CH2O3.2K.H/c1-27-17-11-15(4-5-16(17)20)23-7-9-24(10-8-23)18(26)13-25-12-14-3-2-6-21-19(14)22-25;1-27-17-11-15(4-5-16(17)20)23-7-9-24(10-8-23)18(26)13-25-19-14(12-22-25)3-2-6-21-19;1-19-12-8-10(2-3-11(12)15)16-4-6-17(7-5-16)13(18)9-14;1-2-5-4-8-9-6(5)7-3-1;2-1-4-3;;;/h2*2-6,11-12H,7-10,13H2,1H3;2-3,8H,4-7,9H2,1H3;1-4H,(H,7,8,9);1,3H;;;/q;;;;;2*+1;-1/p-1. The summed E-state index contributed by atoms with van der Waals surface area (Å²) in [6, 6.07) is 28.7. The normalized spacial score (nSPS) is 13.6. The second-order valence-electron chi connectivity index (χ2n) is 19.2. The van der Waals surface area contributed by atoms with Crippen LogP contribution in [0.1, 0.15) is 1.43 Å². The molecule has 88 heavy (non-hydrogen) atoms. The zero-order valence-corrected chi connectivity index (χ0v) is 58.5. The van der Waals surface area contributed by atoms with Crippen LogP contribution in [-0.2, 0) is 37.2 Å². The molecule has 6 aromatic heterocycles. The van der Waals surface area contributed by atoms with E-state index >= 15 is 0 Å². The molecule has 1 N–H and O–H groups in total. The van der Waals surface area contributed by atoms with Gasteiger partial charge in [-0.15, -0.1) is 11.6 Å². The van der Waals surface area contributed by atoms with Crippen molar-refractivity contribution >= 4 is 121 Å². The van der Waals surface area contributed by atoms with E-state index in [0.717, 1.165) is 83.8 Å². The summed E-state index contributed by atoms with van der Waals surface area (Å²) in [7, 11) is 4.81. The molecule has 0 bridgehead atoms. The predicted molar refractivity (Wildman–Crippen MR) is 328 cm³/mol. The first kappa shape index (κ1) is 71.7. The number of nitrogens with zero attached hydrogens (tertiary/aromatic N) is 14. The van der Waals surface area contributed by atoms with Crippen LogP contribution in [0.4, 0.5) is 17.1 Å². The number of nitrogens with one attached hydrogen (secondary N) is 1. The van der Waals surface area contributed by atoms with Gasteiger partial charge in [0.05, 0.1) is 48.8 Å². The molecule has 0 spiro atoms. The van der Waals surface area contributed by atoms with Gasteiger partial charge in [-0.05, 0) is 72.8 Å². The molecule has 3 aromatic carbocycles. The molecule has 0 saturated carbocycles. The van der Waals surface area contributed by atoms with Gasteiger partial charge in [0.2, 0.25) is 17.7 Å². The number of fused-ring (bicyclic) bond motifs is 3. The van der Waals surface area contributed by atoms with Gasteiger partial charge in [-0.25, -0.2) is 19.6 Å². The van der Waals surface area contributed by atoms with Gasteiger partial charge in [-0.3, -0.25) is 29.0 Å². The minimum Gasteiger partial charge on any atom is -1.00 e. The van der Waals surface area contributed by atoms with Crippen LogP contribution in [0.2, 0.25) is 15.1 Å². The molecule has 3 saturated heterocycles. The van der Waals surface area contributed by atoms with Gasteiger partial charge in [0.1, 0.15) is 36.2 Å². The average molecular weight is 1330 g/mol. The average Bonchev–Trinajstić information content (AvgIpc) is 3.51. The number of aromatic amines is 1. The number of alkyl halides is 1. The molecule has 0 aliphatic carbocycles. The molecule has 9 heterocycles. The fraction of sp³-hybridized carbons (Fsp3) is 0.310. The van der Waals surface area contributed by atoms with E-state index in [1.165, 1.54) is 0 Å². The Bertz CT molecular complexity index is 3630. The number of amides is 3. The molecule has 24 nitrogen and oxygen atoms in total. The third-order valence-corrected chi connectivity index (χ3v) is 15.2. The molecule has 3 aliphatic rings. The number of H-pyrrole nitrogens is 1. The van der Waals surface area contributed by atoms with E-state index in [4.69, 9.17) is 70.7 Å². The Morgan fingerprint density at radius 1 is 0.580 bits per heavy atom. The van der Waals surface area contributed by atoms with Gasteiger partial charge < -0.3 is 55.2 Å². The summed E-state index contributed by atoms with van der Waals surface area (Å²) in [5, 5.41) is 28.4. The van der Waals surface area contributed by atoms with Crippen molar-refractivity contribution in [3.8, 4) is 17.2 Å². The van der Waals surface area contributed by atoms with Gasteiger partial charge in [0.15, 0.2) is 16.9 Å². The number of rotatable bonds is 12. The maximum Gasteiger partial charge on any atom is 1.00 e. The predicted octanol–water partition coefficient (Wildman–Crippen LogP) is 0.633. The zero-order valence-electron chi connectivity index (χ0n) is 50.3. The topological polar surface area (TPSA) is 251 Å². The Morgan fingerprint density at radius 2 is 1.01 bits per heavy atom. The third kappa shape index (κ3) is 19.8. The number of anilines is 3. The number of hydrogen-bond donors (Lipinski definition) is 1. The van der Waals surface area contributed by atoms with Crippen LogP contribution in [-0.4, -0.2) is 189 Å². The monoisotopic (exact) mass is 1330 g/mol. The summed E-state index contributed by atoms with van der Waals surface area (Å²) in [5.41, 5.74) is 5.39. The number of aromatic nitrogens is 9. The maximum absolute atomic E-state index is 12.7. The minimum atomic E-state index is -0.181. The van der Waals surface area contributed by atoms with Crippen LogP contribution in [0.3, 0.4) is 0 Å². The maximum atomic E-state index is 12.7. The summed E-state index contributed by atoms with van der Waals surface area (Å²) in [5.74, 6) is 2.15. The number of hydrogen-bond acceptors (Lipinski definition) is 18. The Morgan fingerprint density at radius 3 is 1.45 bits per heavy atom. The Balaban J connectivity index is 0.000000219. The first-order chi connectivity index (χ1) is 41.8. The summed E-state index contributed by atoms with van der Waals surface area (Å²) < 4.78 is 19.1. The van der Waals surface area contributed by atoms with E-state index in [2.05, 4.69) is 54.9 Å². The first-order valence-electron chi connectivity index (χ1n) is 27.0. The quantitative estimate of drug-likeness (QED) is 0.0579. The smallest absolute Gasteiger partial charge is 1.00 e. The SMILES string of the molecule is COc1cc(N2CCN(C(=O)CCl)CC2)ccc1Cl.COc1cc(N2CCN(C(=O)Cn3cc4cccnc4n3)CC2)ccc1Cl.COc1cc(N2CCN(C(=O)Cn3ncc4cccnc43)CC2)ccc1Cl.O=CO[O-].[H-].[K+].[K+].c1cnc2[nH]ncc2c1. The van der Waals surface area contributed by atoms with Gasteiger partial charge >= 0.3 is 103 Å². The summed E-state index contributed by atoms with van der Waals surface area (Å²) in [6.45, 7) is 8.91. The zero-order chi connectivity index (χ0) is 61.0. The van der Waals surface area contributed by atoms with Crippen molar-refractivity contribution in [2.45, 2.75) is 13.1 Å². The van der Waals surface area contributed by atoms with E-state index < -0.39 is 0 Å². The third-order valence-electron chi connectivity index (χ3n) is 14.1. The number of benzene rings is 3. The molecule has 454 valence electrons. The van der Waals surface area contributed by atoms with Crippen LogP contribution in [0.5, 0.6) is 17.2 Å². The van der Waals surface area contributed by atoms with E-state index in [9.17, 15) is 14.4 Å². The second kappa shape index (κ2) is 36.4. The number of halogens is 4. The largest absolute Gasteiger partial charge is 1.00 e. The van der Waals surface area contributed by atoms with Crippen molar-refractivity contribution in [2.24, 2.45) is 0 Å². The van der Waals surface area contributed by atoms with Gasteiger partial charge in [0.25, 0.3) is 6.47 Å². The van der Waals surface area contributed by atoms with Gasteiger partial charge in [0, 0.05) is 155 Å². The van der Waals surface area contributed by atoms with Crippen LogP contribution < -0.4 is 137 Å². The van der Waals surface area contributed by atoms with E-state index in [0.29, 0.717) is 77.2 Å². The molecule has 30 heteroatoms. The van der Waals surface area contributed by atoms with Crippen molar-refractivity contribution in [2.75, 3.05) is 120 Å². The first-order valence-corrected chi connectivity index (χ1v) is 28.7.